The Morgan fingerprint density at radius 3 is 3.00 bits per heavy atom. The molecular weight excluding hydrogens is 256 g/mol. The second-order valence-corrected chi connectivity index (χ2v) is 4.91. The predicted molar refractivity (Wildman–Crippen MR) is 68.5 cm³/mol. The van der Waals surface area contributed by atoms with Crippen LogP contribution in [0.1, 0.15) is 23.2 Å². The van der Waals surface area contributed by atoms with Gasteiger partial charge in [-0.15, -0.1) is 0 Å². The van der Waals surface area contributed by atoms with Crippen LogP contribution >= 0.6 is 11.8 Å². The van der Waals surface area contributed by atoms with Crippen LogP contribution in [0.3, 0.4) is 0 Å². The molecule has 7 heteroatoms. The van der Waals surface area contributed by atoms with Gasteiger partial charge in [-0.25, -0.2) is 0 Å². The number of hydrogen-bond acceptors (Lipinski definition) is 6. The fourth-order valence-electron chi connectivity index (χ4n) is 1.44. The smallest absolute Gasteiger partial charge is 0.273 e. The molecule has 2 N–H and O–H groups in total. The normalized spacial score (nSPS) is 14.2. The lowest BCUT2D eigenvalue weighted by Crippen LogP contribution is -2.41. The number of amides is 1. The summed E-state index contributed by atoms with van der Waals surface area (Å²) in [5, 5.41) is 15.5. The van der Waals surface area contributed by atoms with Gasteiger partial charge in [0.1, 0.15) is 6.61 Å². The SMILES string of the molecule is COCc1cc(C(=O)NC(C)C(CO)SC)no1. The lowest BCUT2D eigenvalue weighted by atomic mass is 10.2. The molecule has 1 amide bonds. The highest BCUT2D eigenvalue weighted by molar-refractivity contribution is 7.99. The number of hydrogen-bond donors (Lipinski definition) is 2. The number of aromatic nitrogens is 1. The Kier molecular flexibility index (Phi) is 6.17. The lowest BCUT2D eigenvalue weighted by Gasteiger charge is -2.20. The molecule has 0 saturated carbocycles. The van der Waals surface area contributed by atoms with Crippen LogP contribution in [-0.4, -0.2) is 47.4 Å². The molecule has 1 heterocycles. The number of methoxy groups -OCH3 is 1. The van der Waals surface area contributed by atoms with E-state index in [4.69, 9.17) is 14.4 Å². The van der Waals surface area contributed by atoms with E-state index >= 15 is 0 Å². The van der Waals surface area contributed by atoms with E-state index in [0.29, 0.717) is 5.76 Å². The Balaban J connectivity index is 2.58. The highest BCUT2D eigenvalue weighted by Gasteiger charge is 2.20. The number of nitrogens with zero attached hydrogens (tertiary/aromatic N) is 1. The lowest BCUT2D eigenvalue weighted by molar-refractivity contribution is 0.0926. The Bertz CT molecular complexity index is 379. The largest absolute Gasteiger partial charge is 0.395 e. The molecule has 1 aromatic rings. The summed E-state index contributed by atoms with van der Waals surface area (Å²) in [5.74, 6) is 0.181. The molecule has 0 fully saturated rings. The number of aliphatic hydroxyl groups is 1. The summed E-state index contributed by atoms with van der Waals surface area (Å²) in [6.45, 7) is 2.13. The zero-order valence-electron chi connectivity index (χ0n) is 10.7. The van der Waals surface area contributed by atoms with Gasteiger partial charge in [0, 0.05) is 24.5 Å². The molecule has 1 rings (SSSR count). The molecule has 0 aliphatic heterocycles. The van der Waals surface area contributed by atoms with Crippen molar-refractivity contribution < 1.29 is 19.2 Å². The van der Waals surface area contributed by atoms with Crippen LogP contribution in [0.4, 0.5) is 0 Å². The minimum atomic E-state index is -0.318. The van der Waals surface area contributed by atoms with Gasteiger partial charge in [0.25, 0.3) is 5.91 Å². The van der Waals surface area contributed by atoms with Crippen molar-refractivity contribution >= 4 is 17.7 Å². The zero-order chi connectivity index (χ0) is 13.5. The Hall–Kier alpha value is -1.05. The highest BCUT2D eigenvalue weighted by Crippen LogP contribution is 2.11. The fraction of sp³-hybridized carbons (Fsp3) is 0.636. The van der Waals surface area contributed by atoms with Crippen molar-refractivity contribution in [3.05, 3.63) is 17.5 Å². The van der Waals surface area contributed by atoms with E-state index in [1.54, 1.807) is 6.07 Å². The topological polar surface area (TPSA) is 84.6 Å². The number of ether oxygens (including phenoxy) is 1. The van der Waals surface area contributed by atoms with Crippen LogP contribution in [-0.2, 0) is 11.3 Å². The first-order chi connectivity index (χ1) is 8.62. The Morgan fingerprint density at radius 2 is 2.44 bits per heavy atom. The summed E-state index contributed by atoms with van der Waals surface area (Å²) in [5.41, 5.74) is 0.215. The quantitative estimate of drug-likeness (QED) is 0.760. The summed E-state index contributed by atoms with van der Waals surface area (Å²) >= 11 is 1.50. The van der Waals surface area contributed by atoms with Gasteiger partial charge in [-0.05, 0) is 13.2 Å². The maximum Gasteiger partial charge on any atom is 0.273 e. The van der Waals surface area contributed by atoms with Crippen LogP contribution in [0.15, 0.2) is 10.6 Å². The average Bonchev–Trinajstić information content (AvgIpc) is 2.79. The van der Waals surface area contributed by atoms with Gasteiger partial charge in [-0.1, -0.05) is 5.16 Å². The van der Waals surface area contributed by atoms with Gasteiger partial charge in [0.15, 0.2) is 11.5 Å². The van der Waals surface area contributed by atoms with E-state index in [1.165, 1.54) is 18.9 Å². The number of rotatable bonds is 7. The van der Waals surface area contributed by atoms with Crippen molar-refractivity contribution in [2.75, 3.05) is 20.0 Å². The minimum absolute atomic E-state index is 0.0103. The van der Waals surface area contributed by atoms with Gasteiger partial charge in [0.05, 0.1) is 6.61 Å². The molecule has 18 heavy (non-hydrogen) atoms. The number of carbonyl (C=O) groups is 1. The molecule has 0 spiro atoms. The maximum atomic E-state index is 11.8. The van der Waals surface area contributed by atoms with Crippen LogP contribution < -0.4 is 5.32 Å². The molecule has 0 bridgehead atoms. The second-order valence-electron chi connectivity index (χ2n) is 3.83. The van der Waals surface area contributed by atoms with Gasteiger partial charge in [-0.3, -0.25) is 4.79 Å². The number of aliphatic hydroxyl groups excluding tert-OH is 1. The summed E-state index contributed by atoms with van der Waals surface area (Å²) in [4.78, 5) is 11.8. The zero-order valence-corrected chi connectivity index (χ0v) is 11.5. The predicted octanol–water partition coefficient (Wildman–Crippen LogP) is 0.663. The van der Waals surface area contributed by atoms with Gasteiger partial charge in [0.2, 0.25) is 0 Å². The summed E-state index contributed by atoms with van der Waals surface area (Å²) in [6, 6.07) is 1.39. The molecule has 0 aliphatic rings. The molecule has 0 saturated heterocycles. The number of carbonyl (C=O) groups excluding carboxylic acids is 1. The Morgan fingerprint density at radius 1 is 1.72 bits per heavy atom. The summed E-state index contributed by atoms with van der Waals surface area (Å²) < 4.78 is 9.80. The molecule has 0 aromatic carbocycles. The van der Waals surface area contributed by atoms with Crippen LogP contribution in [0.25, 0.3) is 0 Å². The standard InChI is InChI=1S/C11H18N2O4S/c1-7(10(5-14)18-3)12-11(15)9-4-8(6-16-2)17-13-9/h4,7,10,14H,5-6H2,1-3H3,(H,12,15). The van der Waals surface area contributed by atoms with E-state index in [2.05, 4.69) is 10.5 Å². The van der Waals surface area contributed by atoms with Crippen LogP contribution in [0.5, 0.6) is 0 Å². The van der Waals surface area contributed by atoms with Crippen molar-refractivity contribution in [3.8, 4) is 0 Å². The molecule has 102 valence electrons. The van der Waals surface area contributed by atoms with Crippen molar-refractivity contribution in [1.29, 1.82) is 0 Å². The molecule has 2 atom stereocenters. The first-order valence-electron chi connectivity index (χ1n) is 5.51. The third kappa shape index (κ3) is 4.01. The number of thioether (sulfide) groups is 1. The first kappa shape index (κ1) is 15.0. The van der Waals surface area contributed by atoms with E-state index in [1.807, 2.05) is 13.2 Å². The number of nitrogens with one attached hydrogen (secondary N) is 1. The molecule has 0 aliphatic carbocycles. The Labute approximate surface area is 110 Å². The van der Waals surface area contributed by atoms with Crippen LogP contribution in [0.2, 0.25) is 0 Å². The van der Waals surface area contributed by atoms with Gasteiger partial charge in [-0.2, -0.15) is 11.8 Å². The van der Waals surface area contributed by atoms with Gasteiger partial charge >= 0.3 is 0 Å². The van der Waals surface area contributed by atoms with E-state index in [9.17, 15) is 4.79 Å². The molecule has 1 aromatic heterocycles. The van der Waals surface area contributed by atoms with Crippen LogP contribution in [0, 0.1) is 0 Å². The minimum Gasteiger partial charge on any atom is -0.395 e. The third-order valence-corrected chi connectivity index (χ3v) is 3.64. The molecular formula is C11H18N2O4S. The average molecular weight is 274 g/mol. The van der Waals surface area contributed by atoms with Crippen molar-refractivity contribution in [3.63, 3.8) is 0 Å². The first-order valence-corrected chi connectivity index (χ1v) is 6.80. The van der Waals surface area contributed by atoms with E-state index in [-0.39, 0.29) is 36.1 Å². The van der Waals surface area contributed by atoms with Crippen molar-refractivity contribution in [1.82, 2.24) is 10.5 Å². The monoisotopic (exact) mass is 274 g/mol. The fourth-order valence-corrected chi connectivity index (χ4v) is 2.07. The maximum absolute atomic E-state index is 11.8. The molecule has 6 nitrogen and oxygen atoms in total. The van der Waals surface area contributed by atoms with Crippen molar-refractivity contribution in [2.45, 2.75) is 24.8 Å². The second kappa shape index (κ2) is 7.40. The molecule has 0 radical (unpaired) electrons. The van der Waals surface area contributed by atoms with E-state index < -0.39 is 0 Å². The van der Waals surface area contributed by atoms with Gasteiger partial charge < -0.3 is 19.7 Å². The highest BCUT2D eigenvalue weighted by atomic mass is 32.2. The van der Waals surface area contributed by atoms with E-state index in [0.717, 1.165) is 0 Å². The molecule has 2 unspecified atom stereocenters. The summed E-state index contributed by atoms with van der Waals surface area (Å²) in [6.07, 6.45) is 1.89. The third-order valence-electron chi connectivity index (χ3n) is 2.48. The van der Waals surface area contributed by atoms with Crippen molar-refractivity contribution in [2.24, 2.45) is 0 Å². The summed E-state index contributed by atoms with van der Waals surface area (Å²) in [7, 11) is 1.54.